The van der Waals surface area contributed by atoms with E-state index in [1.807, 2.05) is 31.2 Å². The maximum Gasteiger partial charge on any atom is 0.290 e. The number of aliphatic hydroxyl groups is 1. The van der Waals surface area contributed by atoms with Crippen LogP contribution in [0.25, 0.3) is 0 Å². The largest absolute Gasteiger partial charge is 0.503 e. The standard InChI is InChI=1S/C19H19NO5/c1-12-5-7-13(8-6-12)16-15(17(21)14-4-3-10-25-14)18(22)19(23)20(16)9-11-24-2/h3-8,10,16,22H,9,11H2,1-2H3/t16-/m0/s1. The van der Waals surface area contributed by atoms with Crippen molar-refractivity contribution in [2.45, 2.75) is 13.0 Å². The van der Waals surface area contributed by atoms with Crippen LogP contribution >= 0.6 is 0 Å². The van der Waals surface area contributed by atoms with Gasteiger partial charge in [0.05, 0.1) is 24.5 Å². The molecule has 0 aliphatic carbocycles. The Kier molecular flexibility index (Phi) is 4.72. The number of aryl methyl sites for hydroxylation is 1. The Morgan fingerprint density at radius 3 is 2.60 bits per heavy atom. The average Bonchev–Trinajstić information content (AvgIpc) is 3.22. The number of aliphatic hydroxyl groups excluding tert-OH is 1. The van der Waals surface area contributed by atoms with Gasteiger partial charge in [0.1, 0.15) is 0 Å². The lowest BCUT2D eigenvalue weighted by atomic mass is 9.94. The first kappa shape index (κ1) is 17.0. The highest BCUT2D eigenvalue weighted by molar-refractivity contribution is 6.15. The number of Topliss-reactive ketones (excluding diaryl/α,β-unsaturated/α-hetero) is 1. The van der Waals surface area contributed by atoms with Gasteiger partial charge in [0.25, 0.3) is 5.91 Å². The number of carbonyl (C=O) groups excluding carboxylic acids is 2. The average molecular weight is 341 g/mol. The van der Waals surface area contributed by atoms with Crippen molar-refractivity contribution >= 4 is 11.7 Å². The topological polar surface area (TPSA) is 80.0 Å². The second kappa shape index (κ2) is 6.94. The van der Waals surface area contributed by atoms with Crippen molar-refractivity contribution in [2.75, 3.05) is 20.3 Å². The summed E-state index contributed by atoms with van der Waals surface area (Å²) in [4.78, 5) is 26.8. The van der Waals surface area contributed by atoms with Crippen molar-refractivity contribution in [2.24, 2.45) is 0 Å². The summed E-state index contributed by atoms with van der Waals surface area (Å²) in [5, 5.41) is 10.4. The Morgan fingerprint density at radius 1 is 1.28 bits per heavy atom. The summed E-state index contributed by atoms with van der Waals surface area (Å²) < 4.78 is 10.2. The highest BCUT2D eigenvalue weighted by Crippen LogP contribution is 2.38. The highest BCUT2D eigenvalue weighted by atomic mass is 16.5. The van der Waals surface area contributed by atoms with Crippen molar-refractivity contribution in [3.63, 3.8) is 0 Å². The van der Waals surface area contributed by atoms with E-state index in [-0.39, 0.29) is 17.9 Å². The Balaban J connectivity index is 2.06. The van der Waals surface area contributed by atoms with Crippen LogP contribution in [0.4, 0.5) is 0 Å². The minimum absolute atomic E-state index is 0.0277. The van der Waals surface area contributed by atoms with E-state index in [4.69, 9.17) is 9.15 Å². The number of nitrogens with zero attached hydrogens (tertiary/aromatic N) is 1. The predicted molar refractivity (Wildman–Crippen MR) is 90.2 cm³/mol. The number of carbonyl (C=O) groups is 2. The van der Waals surface area contributed by atoms with E-state index >= 15 is 0 Å². The molecule has 1 atom stereocenters. The van der Waals surface area contributed by atoms with E-state index < -0.39 is 23.5 Å². The molecule has 1 aliphatic heterocycles. The van der Waals surface area contributed by atoms with Gasteiger partial charge in [-0.3, -0.25) is 9.59 Å². The Morgan fingerprint density at radius 2 is 2.00 bits per heavy atom. The number of methoxy groups -OCH3 is 1. The summed E-state index contributed by atoms with van der Waals surface area (Å²) >= 11 is 0. The first-order valence-electron chi connectivity index (χ1n) is 7.92. The second-order valence-corrected chi connectivity index (χ2v) is 5.87. The molecule has 0 bridgehead atoms. The maximum absolute atomic E-state index is 12.8. The number of amides is 1. The third-order valence-corrected chi connectivity index (χ3v) is 4.22. The molecule has 1 aliphatic rings. The lowest BCUT2D eigenvalue weighted by Crippen LogP contribution is -2.34. The summed E-state index contributed by atoms with van der Waals surface area (Å²) in [6.07, 6.45) is 1.38. The van der Waals surface area contributed by atoms with Crippen molar-refractivity contribution < 1.29 is 23.8 Å². The van der Waals surface area contributed by atoms with Gasteiger partial charge >= 0.3 is 0 Å². The van der Waals surface area contributed by atoms with E-state index in [9.17, 15) is 14.7 Å². The zero-order valence-corrected chi connectivity index (χ0v) is 14.1. The van der Waals surface area contributed by atoms with Gasteiger partial charge in [0.2, 0.25) is 5.78 Å². The fourth-order valence-corrected chi connectivity index (χ4v) is 2.94. The van der Waals surface area contributed by atoms with Crippen molar-refractivity contribution in [3.05, 3.63) is 70.9 Å². The molecule has 2 aromatic rings. The number of hydrogen-bond donors (Lipinski definition) is 1. The lowest BCUT2D eigenvalue weighted by Gasteiger charge is -2.26. The van der Waals surface area contributed by atoms with Crippen LogP contribution in [0.3, 0.4) is 0 Å². The minimum Gasteiger partial charge on any atom is -0.503 e. The van der Waals surface area contributed by atoms with Crippen LogP contribution in [-0.2, 0) is 9.53 Å². The molecule has 0 fully saturated rings. The second-order valence-electron chi connectivity index (χ2n) is 5.87. The molecule has 0 saturated heterocycles. The van der Waals surface area contributed by atoms with Crippen LogP contribution in [0.2, 0.25) is 0 Å². The molecule has 6 nitrogen and oxygen atoms in total. The number of benzene rings is 1. The summed E-state index contributed by atoms with van der Waals surface area (Å²) in [5.74, 6) is -1.54. The molecule has 2 heterocycles. The molecule has 0 spiro atoms. The molecule has 3 rings (SSSR count). The van der Waals surface area contributed by atoms with Gasteiger partial charge in [-0.2, -0.15) is 0 Å². The first-order valence-corrected chi connectivity index (χ1v) is 7.92. The summed E-state index contributed by atoms with van der Waals surface area (Å²) in [7, 11) is 1.53. The van der Waals surface area contributed by atoms with Crippen molar-refractivity contribution in [3.8, 4) is 0 Å². The van der Waals surface area contributed by atoms with Crippen LogP contribution < -0.4 is 0 Å². The Hall–Kier alpha value is -2.86. The van der Waals surface area contributed by atoms with Crippen LogP contribution in [0.5, 0.6) is 0 Å². The molecule has 1 N–H and O–H groups in total. The van der Waals surface area contributed by atoms with Crippen molar-refractivity contribution in [1.82, 2.24) is 4.90 Å². The molecule has 0 saturated carbocycles. The monoisotopic (exact) mass is 341 g/mol. The van der Waals surface area contributed by atoms with Crippen LogP contribution in [0, 0.1) is 6.92 Å². The molecule has 6 heteroatoms. The van der Waals surface area contributed by atoms with Crippen LogP contribution in [0.1, 0.15) is 27.7 Å². The van der Waals surface area contributed by atoms with E-state index in [2.05, 4.69) is 0 Å². The Labute approximate surface area is 145 Å². The number of ether oxygens (including phenoxy) is 1. The SMILES string of the molecule is COCCN1C(=O)C(O)=C(C(=O)c2ccco2)[C@@H]1c1ccc(C)cc1. The number of ketones is 1. The predicted octanol–water partition coefficient (Wildman–Crippen LogP) is 2.81. The van der Waals surface area contributed by atoms with Gasteiger partial charge in [-0.15, -0.1) is 0 Å². The van der Waals surface area contributed by atoms with Gasteiger partial charge in [-0.25, -0.2) is 0 Å². The fraction of sp³-hybridized carbons (Fsp3) is 0.263. The van der Waals surface area contributed by atoms with Gasteiger partial charge in [-0.1, -0.05) is 29.8 Å². The lowest BCUT2D eigenvalue weighted by molar-refractivity contribution is -0.130. The van der Waals surface area contributed by atoms with Gasteiger partial charge in [-0.05, 0) is 24.6 Å². The zero-order chi connectivity index (χ0) is 18.0. The molecule has 130 valence electrons. The van der Waals surface area contributed by atoms with Crippen LogP contribution in [-0.4, -0.2) is 42.0 Å². The molecule has 1 amide bonds. The summed E-state index contributed by atoms with van der Waals surface area (Å²) in [6.45, 7) is 2.50. The third-order valence-electron chi connectivity index (χ3n) is 4.22. The van der Waals surface area contributed by atoms with E-state index in [1.165, 1.54) is 24.3 Å². The first-order chi connectivity index (χ1) is 12.0. The molecular weight excluding hydrogens is 322 g/mol. The smallest absolute Gasteiger partial charge is 0.290 e. The van der Waals surface area contributed by atoms with E-state index in [0.29, 0.717) is 6.61 Å². The Bertz CT molecular complexity index is 805. The molecule has 25 heavy (non-hydrogen) atoms. The molecule has 0 radical (unpaired) electrons. The maximum atomic E-state index is 12.8. The van der Waals surface area contributed by atoms with Crippen LogP contribution in [0.15, 0.2) is 58.4 Å². The third kappa shape index (κ3) is 3.08. The quantitative estimate of drug-likeness (QED) is 0.817. The van der Waals surface area contributed by atoms with Gasteiger partial charge in [0, 0.05) is 13.7 Å². The number of hydrogen-bond acceptors (Lipinski definition) is 5. The molecular formula is C19H19NO5. The molecule has 1 aromatic heterocycles. The number of furan rings is 1. The van der Waals surface area contributed by atoms with Gasteiger partial charge in [0.15, 0.2) is 11.5 Å². The van der Waals surface area contributed by atoms with E-state index in [1.54, 1.807) is 6.07 Å². The number of rotatable bonds is 6. The summed E-state index contributed by atoms with van der Waals surface area (Å²) in [6, 6.07) is 9.92. The molecule has 1 aromatic carbocycles. The normalized spacial score (nSPS) is 17.4. The van der Waals surface area contributed by atoms with E-state index in [0.717, 1.165) is 11.1 Å². The minimum atomic E-state index is -0.680. The van der Waals surface area contributed by atoms with Gasteiger partial charge < -0.3 is 19.2 Å². The fourth-order valence-electron chi connectivity index (χ4n) is 2.94. The summed E-state index contributed by atoms with van der Waals surface area (Å²) in [5.41, 5.74) is 1.83. The molecule has 0 unspecified atom stereocenters. The van der Waals surface area contributed by atoms with Crippen molar-refractivity contribution in [1.29, 1.82) is 0 Å². The highest BCUT2D eigenvalue weighted by Gasteiger charge is 2.44. The zero-order valence-electron chi connectivity index (χ0n) is 14.1.